The third kappa shape index (κ3) is 4.88. The van der Waals surface area contributed by atoms with Crippen molar-refractivity contribution >= 4 is 21.9 Å². The number of hydrogen-bond donors (Lipinski definition) is 0. The summed E-state index contributed by atoms with van der Waals surface area (Å²) in [6.07, 6.45) is 0. The molecular formula is C56H38N2O. The molecule has 278 valence electrons. The van der Waals surface area contributed by atoms with Crippen LogP contribution in [0, 0.1) is 0 Å². The Morgan fingerprint density at radius 2 is 0.898 bits per heavy atom. The van der Waals surface area contributed by atoms with Crippen molar-refractivity contribution in [3.8, 4) is 56.2 Å². The molecule has 8 aromatic carbocycles. The first kappa shape index (κ1) is 33.7. The van der Waals surface area contributed by atoms with Gasteiger partial charge in [0.2, 0.25) is 0 Å². The lowest BCUT2D eigenvalue weighted by atomic mass is 9.55. The molecule has 0 unspecified atom stereocenters. The van der Waals surface area contributed by atoms with Gasteiger partial charge in [0.1, 0.15) is 11.2 Å². The zero-order valence-corrected chi connectivity index (χ0v) is 32.8. The first-order valence-corrected chi connectivity index (χ1v) is 20.4. The summed E-state index contributed by atoms with van der Waals surface area (Å²) in [5, 5.41) is 2.21. The Morgan fingerprint density at radius 1 is 0.356 bits per heavy atom. The standard InChI is InChI=1S/C56H38N2O/c1-55(2)46-21-11-12-22-47(46)56(44-19-9-6-16-40(44)41-17-7-10-20-45(41)56)48-31-29-38(32-49(48)55)35-24-26-36(27-25-35)50-34-51(58-54(57-50)37-14-4-3-5-15-37)39-28-30-43-42-18-8-13-23-52(42)59-53(43)33-39/h3-34H,1-2H3. The van der Waals surface area contributed by atoms with Crippen molar-refractivity contribution in [3.05, 3.63) is 228 Å². The van der Waals surface area contributed by atoms with E-state index in [2.05, 4.69) is 178 Å². The molecule has 0 aliphatic heterocycles. The summed E-state index contributed by atoms with van der Waals surface area (Å²) in [5.41, 5.74) is 19.0. The van der Waals surface area contributed by atoms with Gasteiger partial charge in [-0.1, -0.05) is 178 Å². The van der Waals surface area contributed by atoms with E-state index in [0.717, 1.165) is 50.0 Å². The molecule has 12 rings (SSSR count). The van der Waals surface area contributed by atoms with Gasteiger partial charge in [-0.15, -0.1) is 0 Å². The molecule has 2 aromatic heterocycles. The van der Waals surface area contributed by atoms with Gasteiger partial charge in [0.05, 0.1) is 16.8 Å². The number of nitrogens with zero attached hydrogens (tertiary/aromatic N) is 2. The van der Waals surface area contributed by atoms with Crippen LogP contribution >= 0.6 is 0 Å². The van der Waals surface area contributed by atoms with Crippen LogP contribution in [-0.2, 0) is 10.8 Å². The molecule has 2 aliphatic carbocycles. The monoisotopic (exact) mass is 754 g/mol. The highest BCUT2D eigenvalue weighted by Gasteiger charge is 2.53. The van der Waals surface area contributed by atoms with E-state index in [0.29, 0.717) is 5.82 Å². The second-order valence-corrected chi connectivity index (χ2v) is 16.5. The van der Waals surface area contributed by atoms with Crippen molar-refractivity contribution in [2.45, 2.75) is 24.7 Å². The van der Waals surface area contributed by atoms with Gasteiger partial charge in [-0.05, 0) is 86.0 Å². The summed E-state index contributed by atoms with van der Waals surface area (Å²) in [5.74, 6) is 0.688. The lowest BCUT2D eigenvalue weighted by Crippen LogP contribution is -2.40. The summed E-state index contributed by atoms with van der Waals surface area (Å²) in [7, 11) is 0. The van der Waals surface area contributed by atoms with E-state index in [9.17, 15) is 0 Å². The lowest BCUT2D eigenvalue weighted by Gasteiger charge is -2.46. The van der Waals surface area contributed by atoms with Crippen LogP contribution in [0.15, 0.2) is 199 Å². The largest absolute Gasteiger partial charge is 0.456 e. The summed E-state index contributed by atoms with van der Waals surface area (Å²) in [6.45, 7) is 4.78. The van der Waals surface area contributed by atoms with Crippen molar-refractivity contribution in [3.63, 3.8) is 0 Å². The average Bonchev–Trinajstić information content (AvgIpc) is 3.82. The Bertz CT molecular complexity index is 3250. The molecule has 2 aliphatic rings. The highest BCUT2D eigenvalue weighted by Crippen LogP contribution is 2.62. The Balaban J connectivity index is 0.976. The summed E-state index contributed by atoms with van der Waals surface area (Å²) >= 11 is 0. The molecule has 59 heavy (non-hydrogen) atoms. The van der Waals surface area contributed by atoms with Gasteiger partial charge >= 0.3 is 0 Å². The van der Waals surface area contributed by atoms with E-state index < -0.39 is 5.41 Å². The number of fused-ring (bicyclic) bond motifs is 12. The highest BCUT2D eigenvalue weighted by molar-refractivity contribution is 6.05. The van der Waals surface area contributed by atoms with E-state index in [4.69, 9.17) is 14.4 Å². The van der Waals surface area contributed by atoms with E-state index in [-0.39, 0.29) is 5.41 Å². The molecule has 0 fully saturated rings. The quantitative estimate of drug-likeness (QED) is 0.180. The van der Waals surface area contributed by atoms with Gasteiger partial charge in [-0.3, -0.25) is 0 Å². The molecule has 0 saturated heterocycles. The maximum atomic E-state index is 6.28. The molecular weight excluding hydrogens is 717 g/mol. The lowest BCUT2D eigenvalue weighted by molar-refractivity contribution is 0.563. The summed E-state index contributed by atoms with van der Waals surface area (Å²) in [4.78, 5) is 10.2. The second kappa shape index (κ2) is 12.6. The predicted octanol–water partition coefficient (Wildman–Crippen LogP) is 14.0. The number of aromatic nitrogens is 2. The first-order valence-electron chi connectivity index (χ1n) is 20.4. The SMILES string of the molecule is CC1(C)c2ccccc2C2(c3ccccc3-c3ccccc32)c2ccc(-c3ccc(-c4cc(-c5ccc6c(c5)oc5ccccc56)nc(-c5ccccc5)n4)cc3)cc21. The van der Waals surface area contributed by atoms with Gasteiger partial charge < -0.3 is 4.42 Å². The second-order valence-electron chi connectivity index (χ2n) is 16.5. The van der Waals surface area contributed by atoms with Crippen LogP contribution in [0.1, 0.15) is 47.2 Å². The third-order valence-corrected chi connectivity index (χ3v) is 13.0. The van der Waals surface area contributed by atoms with E-state index in [1.807, 2.05) is 30.3 Å². The van der Waals surface area contributed by atoms with Crippen LogP contribution in [0.25, 0.3) is 78.1 Å². The van der Waals surface area contributed by atoms with Gasteiger partial charge in [0.15, 0.2) is 5.82 Å². The fourth-order valence-corrected chi connectivity index (χ4v) is 10.2. The first-order chi connectivity index (χ1) is 29.0. The van der Waals surface area contributed by atoms with Gasteiger partial charge in [0, 0.05) is 32.9 Å². The summed E-state index contributed by atoms with van der Waals surface area (Å²) in [6, 6.07) is 70.1. The third-order valence-electron chi connectivity index (χ3n) is 13.0. The molecule has 0 radical (unpaired) electrons. The minimum absolute atomic E-state index is 0.212. The smallest absolute Gasteiger partial charge is 0.160 e. The van der Waals surface area contributed by atoms with E-state index in [1.54, 1.807) is 0 Å². The molecule has 10 aromatic rings. The summed E-state index contributed by atoms with van der Waals surface area (Å²) < 4.78 is 6.28. The van der Waals surface area contributed by atoms with Crippen LogP contribution in [0.2, 0.25) is 0 Å². The molecule has 0 bridgehead atoms. The van der Waals surface area contributed by atoms with Crippen LogP contribution in [0.4, 0.5) is 0 Å². The van der Waals surface area contributed by atoms with Crippen LogP contribution in [0.5, 0.6) is 0 Å². The zero-order chi connectivity index (χ0) is 39.3. The molecule has 2 heterocycles. The van der Waals surface area contributed by atoms with Crippen molar-refractivity contribution in [2.75, 3.05) is 0 Å². The molecule has 1 spiro atoms. The fourth-order valence-electron chi connectivity index (χ4n) is 10.2. The van der Waals surface area contributed by atoms with Crippen molar-refractivity contribution in [1.29, 1.82) is 0 Å². The number of benzene rings is 8. The molecule has 0 atom stereocenters. The van der Waals surface area contributed by atoms with Crippen molar-refractivity contribution in [1.82, 2.24) is 9.97 Å². The van der Waals surface area contributed by atoms with Crippen LogP contribution < -0.4 is 0 Å². The van der Waals surface area contributed by atoms with Gasteiger partial charge in [-0.25, -0.2) is 9.97 Å². The van der Waals surface area contributed by atoms with Crippen molar-refractivity contribution in [2.24, 2.45) is 0 Å². The molecule has 3 nitrogen and oxygen atoms in total. The highest BCUT2D eigenvalue weighted by atomic mass is 16.3. The van der Waals surface area contributed by atoms with E-state index in [1.165, 1.54) is 55.6 Å². The minimum atomic E-state index is -0.396. The fraction of sp³-hybridized carbons (Fsp3) is 0.0714. The average molecular weight is 755 g/mol. The molecule has 0 amide bonds. The van der Waals surface area contributed by atoms with E-state index >= 15 is 0 Å². The number of para-hydroxylation sites is 1. The zero-order valence-electron chi connectivity index (χ0n) is 32.8. The maximum absolute atomic E-state index is 6.28. The van der Waals surface area contributed by atoms with Crippen LogP contribution in [0.3, 0.4) is 0 Å². The number of hydrogen-bond acceptors (Lipinski definition) is 3. The molecule has 0 N–H and O–H groups in total. The Labute approximate surface area is 343 Å². The number of furan rings is 1. The predicted molar refractivity (Wildman–Crippen MR) is 240 cm³/mol. The van der Waals surface area contributed by atoms with Gasteiger partial charge in [0.25, 0.3) is 0 Å². The normalized spacial score (nSPS) is 14.2. The topological polar surface area (TPSA) is 38.9 Å². The Kier molecular flexibility index (Phi) is 7.19. The maximum Gasteiger partial charge on any atom is 0.160 e. The number of rotatable bonds is 4. The molecule has 3 heteroatoms. The van der Waals surface area contributed by atoms with Crippen LogP contribution in [-0.4, -0.2) is 9.97 Å². The Hall–Kier alpha value is -7.36. The molecule has 0 saturated carbocycles. The van der Waals surface area contributed by atoms with Gasteiger partial charge in [-0.2, -0.15) is 0 Å². The Morgan fingerprint density at radius 3 is 1.64 bits per heavy atom. The minimum Gasteiger partial charge on any atom is -0.456 e. The van der Waals surface area contributed by atoms with Crippen molar-refractivity contribution < 1.29 is 4.42 Å².